The Bertz CT molecular complexity index is 1210. The molecular formula is C17H11N9O2S2+. The molecule has 5 aromatic heterocycles. The van der Waals surface area contributed by atoms with Gasteiger partial charge in [0.1, 0.15) is 30.1 Å². The van der Waals surface area contributed by atoms with E-state index in [1.54, 1.807) is 35.9 Å². The van der Waals surface area contributed by atoms with E-state index in [4.69, 9.17) is 8.94 Å². The third-order valence-electron chi connectivity index (χ3n) is 4.67. The van der Waals surface area contributed by atoms with E-state index in [9.17, 15) is 0 Å². The summed E-state index contributed by atoms with van der Waals surface area (Å²) in [6.07, 6.45) is 13.2. The molecule has 0 aromatic carbocycles. The normalized spacial score (nSPS) is 21.3. The van der Waals surface area contributed by atoms with Gasteiger partial charge >= 0.3 is 11.1 Å². The summed E-state index contributed by atoms with van der Waals surface area (Å²) >= 11 is 2.71. The average Bonchev–Trinajstić information content (AvgIpc) is 3.62. The number of rotatable bonds is 5. The highest BCUT2D eigenvalue weighted by Crippen LogP contribution is 2.55. The van der Waals surface area contributed by atoms with Crippen LogP contribution in [0.4, 0.5) is 17.1 Å². The highest BCUT2D eigenvalue weighted by Gasteiger charge is 2.62. The van der Waals surface area contributed by atoms with Crippen LogP contribution in [0.2, 0.25) is 0 Å². The van der Waals surface area contributed by atoms with Gasteiger partial charge in [-0.3, -0.25) is 0 Å². The summed E-state index contributed by atoms with van der Waals surface area (Å²) in [6.45, 7) is 0. The fourth-order valence-electron chi connectivity index (χ4n) is 3.55. The van der Waals surface area contributed by atoms with Crippen molar-refractivity contribution in [1.82, 2.24) is 39.3 Å². The maximum absolute atomic E-state index is 5.87. The first-order valence-electron chi connectivity index (χ1n) is 8.69. The average molecular weight is 437 g/mol. The van der Waals surface area contributed by atoms with Crippen LogP contribution in [-0.2, 0) is 0 Å². The van der Waals surface area contributed by atoms with Crippen LogP contribution in [0, 0.1) is 6.20 Å². The van der Waals surface area contributed by atoms with Crippen molar-refractivity contribution in [3.8, 4) is 0 Å². The minimum Gasteiger partial charge on any atom is -0.402 e. The van der Waals surface area contributed by atoms with Gasteiger partial charge in [0.2, 0.25) is 6.04 Å². The molecule has 30 heavy (non-hydrogen) atoms. The molecule has 2 unspecified atom stereocenters. The fourth-order valence-corrected chi connectivity index (χ4v) is 4.82. The molecule has 6 heterocycles. The van der Waals surface area contributed by atoms with Gasteiger partial charge in [-0.05, 0) is 11.5 Å². The Kier molecular flexibility index (Phi) is 3.83. The lowest BCUT2D eigenvalue weighted by atomic mass is 10.0. The minimum atomic E-state index is -0.497. The van der Waals surface area contributed by atoms with E-state index in [-0.39, 0.29) is 4.59 Å². The number of nitrogens with zero attached hydrogens (tertiary/aromatic N) is 8. The molecule has 11 nitrogen and oxygen atoms in total. The second-order valence-electron chi connectivity index (χ2n) is 6.18. The number of anilines is 1. The van der Waals surface area contributed by atoms with Gasteiger partial charge in [0, 0.05) is 35.4 Å². The zero-order valence-corrected chi connectivity index (χ0v) is 16.6. The van der Waals surface area contributed by atoms with Crippen LogP contribution in [0.5, 0.6) is 0 Å². The third-order valence-corrected chi connectivity index (χ3v) is 6.04. The van der Waals surface area contributed by atoms with Crippen molar-refractivity contribution in [2.75, 3.05) is 5.01 Å². The van der Waals surface area contributed by atoms with E-state index in [0.29, 0.717) is 34.1 Å². The van der Waals surface area contributed by atoms with E-state index in [1.807, 2.05) is 10.8 Å². The molecule has 1 aliphatic rings. The van der Waals surface area contributed by atoms with Crippen molar-refractivity contribution in [2.24, 2.45) is 0 Å². The first-order valence-corrected chi connectivity index (χ1v) is 10.4. The number of thiazole rings is 1. The maximum atomic E-state index is 5.87. The molecule has 0 bridgehead atoms. The van der Waals surface area contributed by atoms with Crippen molar-refractivity contribution in [1.29, 1.82) is 0 Å². The van der Waals surface area contributed by atoms with Crippen molar-refractivity contribution >= 4 is 45.5 Å². The van der Waals surface area contributed by atoms with Crippen molar-refractivity contribution in [2.45, 2.75) is 6.04 Å². The van der Waals surface area contributed by atoms with E-state index in [0.717, 1.165) is 0 Å². The smallest absolute Gasteiger partial charge is 0.402 e. The number of nitrogens with one attached hydrogen (secondary N) is 1. The Morgan fingerprint density at radius 3 is 2.83 bits per heavy atom. The molecular weight excluding hydrogens is 426 g/mol. The lowest BCUT2D eigenvalue weighted by Gasteiger charge is -2.36. The van der Waals surface area contributed by atoms with Crippen molar-refractivity contribution < 1.29 is 8.94 Å². The Morgan fingerprint density at radius 1 is 1.17 bits per heavy atom. The first-order chi connectivity index (χ1) is 14.9. The van der Waals surface area contributed by atoms with Crippen LogP contribution in [0.25, 0.3) is 5.57 Å². The monoisotopic (exact) mass is 437 g/mol. The predicted octanol–water partition coefficient (Wildman–Crippen LogP) is 3.35. The summed E-state index contributed by atoms with van der Waals surface area (Å²) in [5.74, 6) is 0.523. The van der Waals surface area contributed by atoms with Gasteiger partial charge in [-0.15, -0.1) is 10.1 Å². The van der Waals surface area contributed by atoms with Crippen LogP contribution in [0.1, 0.15) is 17.4 Å². The van der Waals surface area contributed by atoms with E-state index < -0.39 is 6.04 Å². The quantitative estimate of drug-likeness (QED) is 0.412. The molecule has 5 aromatic rings. The zero-order chi connectivity index (χ0) is 20.0. The number of hydrogen-bond donors (Lipinski definition) is 1. The Labute approximate surface area is 176 Å². The number of aromatic nitrogens is 7. The number of H-pyrrole nitrogens is 1. The van der Waals surface area contributed by atoms with Crippen LogP contribution in [0.3, 0.4) is 0 Å². The summed E-state index contributed by atoms with van der Waals surface area (Å²) in [6, 6.07) is 1.64. The van der Waals surface area contributed by atoms with Gasteiger partial charge in [-0.25, -0.2) is 4.98 Å². The van der Waals surface area contributed by atoms with Gasteiger partial charge in [-0.2, -0.15) is 9.97 Å². The van der Waals surface area contributed by atoms with Crippen LogP contribution in [0.15, 0.2) is 63.1 Å². The van der Waals surface area contributed by atoms with Gasteiger partial charge in [0.05, 0.1) is 11.8 Å². The van der Waals surface area contributed by atoms with E-state index in [2.05, 4.69) is 40.9 Å². The Hall–Kier alpha value is -3.68. The summed E-state index contributed by atoms with van der Waals surface area (Å²) in [4.78, 5) is 16.7. The molecule has 147 valence electrons. The second kappa shape index (κ2) is 6.69. The summed E-state index contributed by atoms with van der Waals surface area (Å²) in [5, 5.41) is 14.8. The van der Waals surface area contributed by atoms with Gasteiger partial charge in [0.15, 0.2) is 0 Å². The molecule has 0 amide bonds. The van der Waals surface area contributed by atoms with Crippen LogP contribution >= 0.6 is 22.9 Å². The maximum Gasteiger partial charge on any atom is 0.438 e. The number of hydrogen-bond acceptors (Lipinski definition) is 11. The standard InChI is InChI=1S/C17H11N9O2S2/c1-6-28-23-12(1)11-9-25(15-18-2-3-19-15)26(16-20-4-7-27-16,17-21-5-8-29-17)14(11)13-10-30-24-22-13/h1-8,10,14H,(H,18,19)/q+1. The molecule has 0 fully saturated rings. The van der Waals surface area contributed by atoms with Crippen molar-refractivity contribution in [3.63, 3.8) is 0 Å². The number of quaternary nitrogens is 1. The van der Waals surface area contributed by atoms with Crippen LogP contribution < -0.4 is 9.60 Å². The molecule has 1 radical (unpaired) electrons. The Morgan fingerprint density at radius 2 is 2.17 bits per heavy atom. The summed E-state index contributed by atoms with van der Waals surface area (Å²) in [5.41, 5.74) is 2.00. The molecule has 13 heteroatoms. The predicted molar refractivity (Wildman–Crippen MR) is 107 cm³/mol. The van der Waals surface area contributed by atoms with Crippen molar-refractivity contribution in [3.05, 3.63) is 71.7 Å². The van der Waals surface area contributed by atoms with Crippen LogP contribution in [-0.4, -0.2) is 34.7 Å². The largest absolute Gasteiger partial charge is 0.438 e. The molecule has 2 atom stereocenters. The van der Waals surface area contributed by atoms with Gasteiger partial charge < -0.3 is 13.9 Å². The Balaban J connectivity index is 1.71. The lowest BCUT2D eigenvalue weighted by molar-refractivity contribution is 0.283. The lowest BCUT2D eigenvalue weighted by Crippen LogP contribution is -2.55. The number of aromatic amines is 1. The second-order valence-corrected chi connectivity index (χ2v) is 7.66. The molecule has 0 saturated carbocycles. The van der Waals surface area contributed by atoms with Gasteiger partial charge in [0.25, 0.3) is 5.95 Å². The molecule has 6 rings (SSSR count). The molecule has 1 N–H and O–H groups in total. The molecule has 0 spiro atoms. The number of imidazole rings is 1. The minimum absolute atomic E-state index is 0.105. The fraction of sp³-hybridized carbons (Fsp3) is 0.0588. The van der Waals surface area contributed by atoms with Gasteiger partial charge in [-0.1, -0.05) is 25.6 Å². The van der Waals surface area contributed by atoms with E-state index >= 15 is 0 Å². The topological polar surface area (TPSA) is 123 Å². The van der Waals surface area contributed by atoms with E-state index in [1.165, 1.54) is 35.4 Å². The zero-order valence-electron chi connectivity index (χ0n) is 15.0. The highest BCUT2D eigenvalue weighted by atomic mass is 32.1. The number of oxazole rings is 1. The summed E-state index contributed by atoms with van der Waals surface area (Å²) < 4.78 is 15.0. The molecule has 1 aliphatic heterocycles. The summed E-state index contributed by atoms with van der Waals surface area (Å²) in [7, 11) is 0. The SMILES string of the molecule is [C]1=C(c2ccon2)C(c2csnn2)[N+](c2ncco2)(c2nccs2)N1c1ncc[nH]1. The molecule has 0 aliphatic carbocycles. The highest BCUT2D eigenvalue weighted by molar-refractivity contribution is 7.13. The molecule has 0 saturated heterocycles. The first kappa shape index (κ1) is 17.2. The third kappa shape index (κ3) is 2.33.